The molecule has 0 heterocycles. The van der Waals surface area contributed by atoms with E-state index < -0.39 is 7.60 Å². The van der Waals surface area contributed by atoms with E-state index >= 15 is 0 Å². The highest BCUT2D eigenvalue weighted by atomic mass is 31.2. The SMILES string of the molecule is CCOP(=O)(O)c1ccc(N)cc1. The Kier molecular flexibility index (Phi) is 3.09. The highest BCUT2D eigenvalue weighted by molar-refractivity contribution is 7.61. The van der Waals surface area contributed by atoms with E-state index in [1.165, 1.54) is 12.1 Å². The maximum Gasteiger partial charge on any atom is 0.358 e. The monoisotopic (exact) mass is 201 g/mol. The first kappa shape index (κ1) is 10.3. The predicted octanol–water partition coefficient (Wildman–Crippen LogP) is 1.12. The van der Waals surface area contributed by atoms with E-state index in [1.54, 1.807) is 19.1 Å². The Morgan fingerprint density at radius 1 is 1.46 bits per heavy atom. The third kappa shape index (κ3) is 2.56. The van der Waals surface area contributed by atoms with Gasteiger partial charge in [0.05, 0.1) is 11.9 Å². The zero-order chi connectivity index (χ0) is 9.90. The average molecular weight is 201 g/mol. The molecule has 0 fully saturated rings. The van der Waals surface area contributed by atoms with Crippen LogP contribution in [0.3, 0.4) is 0 Å². The van der Waals surface area contributed by atoms with Crippen LogP contribution < -0.4 is 11.0 Å². The van der Waals surface area contributed by atoms with Crippen LogP contribution in [0.1, 0.15) is 6.92 Å². The molecule has 4 nitrogen and oxygen atoms in total. The Morgan fingerprint density at radius 2 is 2.00 bits per heavy atom. The van der Waals surface area contributed by atoms with E-state index in [9.17, 15) is 9.46 Å². The molecular formula is C8H12NO3P. The molecule has 72 valence electrons. The molecule has 13 heavy (non-hydrogen) atoms. The van der Waals surface area contributed by atoms with Crippen molar-refractivity contribution in [3.05, 3.63) is 24.3 Å². The molecule has 0 aliphatic carbocycles. The topological polar surface area (TPSA) is 72.5 Å². The predicted molar refractivity (Wildman–Crippen MR) is 51.9 cm³/mol. The van der Waals surface area contributed by atoms with Gasteiger partial charge in [-0.1, -0.05) is 0 Å². The first-order valence-electron chi connectivity index (χ1n) is 3.89. The largest absolute Gasteiger partial charge is 0.399 e. The molecule has 5 heteroatoms. The summed E-state index contributed by atoms with van der Waals surface area (Å²) in [6.07, 6.45) is 0. The summed E-state index contributed by atoms with van der Waals surface area (Å²) < 4.78 is 16.1. The van der Waals surface area contributed by atoms with Crippen molar-refractivity contribution in [3.63, 3.8) is 0 Å². The summed E-state index contributed by atoms with van der Waals surface area (Å²) in [4.78, 5) is 9.37. The highest BCUT2D eigenvalue weighted by Gasteiger charge is 2.20. The molecule has 1 atom stereocenters. The Balaban J connectivity index is 2.94. The maximum atomic E-state index is 11.4. The van der Waals surface area contributed by atoms with Crippen molar-refractivity contribution in [1.29, 1.82) is 0 Å². The van der Waals surface area contributed by atoms with Crippen molar-refractivity contribution in [2.75, 3.05) is 12.3 Å². The number of rotatable bonds is 3. The summed E-state index contributed by atoms with van der Waals surface area (Å²) >= 11 is 0. The van der Waals surface area contributed by atoms with Gasteiger partial charge in [-0.3, -0.25) is 4.57 Å². The van der Waals surface area contributed by atoms with Gasteiger partial charge in [0.2, 0.25) is 0 Å². The van der Waals surface area contributed by atoms with Crippen molar-refractivity contribution >= 4 is 18.6 Å². The molecular weight excluding hydrogens is 189 g/mol. The number of hydrogen-bond acceptors (Lipinski definition) is 3. The molecule has 0 aliphatic rings. The molecule has 0 spiro atoms. The minimum atomic E-state index is -3.62. The van der Waals surface area contributed by atoms with Gasteiger partial charge in [-0.05, 0) is 31.2 Å². The quantitative estimate of drug-likeness (QED) is 0.567. The second kappa shape index (κ2) is 3.92. The summed E-state index contributed by atoms with van der Waals surface area (Å²) in [5, 5.41) is 0.267. The molecule has 1 rings (SSSR count). The van der Waals surface area contributed by atoms with Gasteiger partial charge >= 0.3 is 7.60 Å². The summed E-state index contributed by atoms with van der Waals surface area (Å²) in [7, 11) is -3.62. The van der Waals surface area contributed by atoms with Gasteiger partial charge in [0, 0.05) is 5.69 Å². The fourth-order valence-electron chi connectivity index (χ4n) is 0.912. The van der Waals surface area contributed by atoms with Crippen molar-refractivity contribution in [2.45, 2.75) is 6.92 Å². The number of hydrogen-bond donors (Lipinski definition) is 2. The molecule has 0 aromatic heterocycles. The fraction of sp³-hybridized carbons (Fsp3) is 0.250. The zero-order valence-corrected chi connectivity index (χ0v) is 8.20. The van der Waals surface area contributed by atoms with Crippen LogP contribution in [0.5, 0.6) is 0 Å². The van der Waals surface area contributed by atoms with Crippen LogP contribution in [0.2, 0.25) is 0 Å². The third-order valence-electron chi connectivity index (χ3n) is 1.52. The molecule has 1 aromatic rings. The maximum absolute atomic E-state index is 11.4. The molecule has 0 bridgehead atoms. The Labute approximate surface area is 76.9 Å². The van der Waals surface area contributed by atoms with Gasteiger partial charge in [-0.15, -0.1) is 0 Å². The molecule has 0 amide bonds. The molecule has 1 unspecified atom stereocenters. The van der Waals surface area contributed by atoms with Crippen molar-refractivity contribution in [3.8, 4) is 0 Å². The Bertz CT molecular complexity index is 323. The van der Waals surface area contributed by atoms with Crippen LogP contribution in [-0.2, 0) is 9.09 Å². The molecule has 0 aliphatic heterocycles. The minimum absolute atomic E-state index is 0.207. The Morgan fingerprint density at radius 3 is 2.46 bits per heavy atom. The number of benzene rings is 1. The summed E-state index contributed by atoms with van der Waals surface area (Å²) in [6, 6.07) is 6.12. The van der Waals surface area contributed by atoms with Crippen LogP contribution in [0, 0.1) is 0 Å². The Hall–Kier alpha value is -0.830. The summed E-state index contributed by atoms with van der Waals surface area (Å²) in [5.41, 5.74) is 5.99. The van der Waals surface area contributed by atoms with Crippen molar-refractivity contribution < 1.29 is 14.0 Å². The van der Waals surface area contributed by atoms with Gasteiger partial charge in [-0.2, -0.15) is 0 Å². The lowest BCUT2D eigenvalue weighted by Crippen LogP contribution is -2.06. The molecule has 0 saturated heterocycles. The molecule has 0 saturated carbocycles. The standard InChI is InChI=1S/C8H12NO3P/c1-2-12-13(10,11)8-5-3-7(9)4-6-8/h3-6H,2,9H2,1H3,(H,10,11). The first-order valence-corrected chi connectivity index (χ1v) is 5.47. The molecule has 3 N–H and O–H groups in total. The third-order valence-corrected chi connectivity index (χ3v) is 3.08. The first-order chi connectivity index (χ1) is 6.06. The number of nitrogen functional groups attached to an aromatic ring is 1. The second-order valence-corrected chi connectivity index (χ2v) is 4.35. The van der Waals surface area contributed by atoms with Crippen LogP contribution in [0.25, 0.3) is 0 Å². The van der Waals surface area contributed by atoms with E-state index in [-0.39, 0.29) is 11.9 Å². The summed E-state index contributed by atoms with van der Waals surface area (Å²) in [6.45, 7) is 1.87. The highest BCUT2D eigenvalue weighted by Crippen LogP contribution is 2.40. The number of nitrogens with two attached hydrogens (primary N) is 1. The fourth-order valence-corrected chi connectivity index (χ4v) is 1.94. The minimum Gasteiger partial charge on any atom is -0.399 e. The molecule has 0 radical (unpaired) electrons. The molecule has 1 aromatic carbocycles. The van der Waals surface area contributed by atoms with Gasteiger partial charge in [-0.25, -0.2) is 0 Å². The van der Waals surface area contributed by atoms with E-state index in [1.807, 2.05) is 0 Å². The van der Waals surface area contributed by atoms with E-state index in [0.717, 1.165) is 0 Å². The van der Waals surface area contributed by atoms with Crippen LogP contribution in [-0.4, -0.2) is 11.5 Å². The number of anilines is 1. The van der Waals surface area contributed by atoms with Crippen LogP contribution in [0.15, 0.2) is 24.3 Å². The van der Waals surface area contributed by atoms with Crippen LogP contribution >= 0.6 is 7.60 Å². The lowest BCUT2D eigenvalue weighted by atomic mass is 10.3. The second-order valence-electron chi connectivity index (χ2n) is 2.53. The van der Waals surface area contributed by atoms with Crippen molar-refractivity contribution in [2.24, 2.45) is 0 Å². The normalized spacial score (nSPS) is 15.2. The van der Waals surface area contributed by atoms with Gasteiger partial charge < -0.3 is 15.2 Å². The zero-order valence-electron chi connectivity index (χ0n) is 7.30. The lowest BCUT2D eigenvalue weighted by molar-refractivity contribution is 0.284. The summed E-state index contributed by atoms with van der Waals surface area (Å²) in [5.74, 6) is 0. The average Bonchev–Trinajstić information content (AvgIpc) is 2.05. The van der Waals surface area contributed by atoms with Gasteiger partial charge in [0.15, 0.2) is 0 Å². The van der Waals surface area contributed by atoms with Crippen molar-refractivity contribution in [1.82, 2.24) is 0 Å². The van der Waals surface area contributed by atoms with Gasteiger partial charge in [0.25, 0.3) is 0 Å². The lowest BCUT2D eigenvalue weighted by Gasteiger charge is -2.10. The van der Waals surface area contributed by atoms with E-state index in [0.29, 0.717) is 5.69 Å². The van der Waals surface area contributed by atoms with Gasteiger partial charge in [0.1, 0.15) is 0 Å². The smallest absolute Gasteiger partial charge is 0.358 e. The van der Waals surface area contributed by atoms with E-state index in [4.69, 9.17) is 10.3 Å². The van der Waals surface area contributed by atoms with Crippen LogP contribution in [0.4, 0.5) is 5.69 Å². The van der Waals surface area contributed by atoms with E-state index in [2.05, 4.69) is 0 Å².